The number of ether oxygens (including phenoxy) is 1. The fourth-order valence-electron chi connectivity index (χ4n) is 2.66. The van der Waals surface area contributed by atoms with Gasteiger partial charge in [0.2, 0.25) is 0 Å². The summed E-state index contributed by atoms with van der Waals surface area (Å²) in [7, 11) is 0. The van der Waals surface area contributed by atoms with Crippen LogP contribution in [-0.2, 0) is 4.74 Å². The normalized spacial score (nSPS) is 29.5. The molecule has 0 spiro atoms. The first-order chi connectivity index (χ1) is 7.90. The molecule has 17 heavy (non-hydrogen) atoms. The molecule has 0 aromatic rings. The van der Waals surface area contributed by atoms with Gasteiger partial charge >= 0.3 is 6.09 Å². The monoisotopic (exact) mass is 241 g/mol. The summed E-state index contributed by atoms with van der Waals surface area (Å²) in [6.07, 6.45) is 3.28. The molecule has 0 heterocycles. The fraction of sp³-hybridized carbons (Fsp3) is 0.929. The van der Waals surface area contributed by atoms with Crippen molar-refractivity contribution in [3.05, 3.63) is 0 Å². The van der Waals surface area contributed by atoms with Crippen LogP contribution in [0.4, 0.5) is 4.79 Å². The van der Waals surface area contributed by atoms with Gasteiger partial charge in [0, 0.05) is 6.04 Å². The number of carbonyl (C=O) groups excluding carboxylic acids is 1. The summed E-state index contributed by atoms with van der Waals surface area (Å²) in [4.78, 5) is 11.7. The zero-order valence-corrected chi connectivity index (χ0v) is 11.8. The molecule has 0 aromatic carbocycles. The van der Waals surface area contributed by atoms with E-state index in [1.807, 2.05) is 13.8 Å². The van der Waals surface area contributed by atoms with Crippen LogP contribution in [0.25, 0.3) is 0 Å². The van der Waals surface area contributed by atoms with Crippen molar-refractivity contribution >= 4 is 6.09 Å². The molecule has 1 saturated carbocycles. The average Bonchev–Trinajstić information content (AvgIpc) is 2.15. The summed E-state index contributed by atoms with van der Waals surface area (Å²) in [5.41, 5.74) is 0. The van der Waals surface area contributed by atoms with Crippen LogP contribution in [0, 0.1) is 17.8 Å². The SMILES string of the molecule is CC1CC[C@@H](C(C)C)[C@H](OC(=O)NC(C)C)C1. The summed E-state index contributed by atoms with van der Waals surface area (Å²) in [5.74, 6) is 1.77. The highest BCUT2D eigenvalue weighted by Crippen LogP contribution is 2.35. The second kappa shape index (κ2) is 6.27. The van der Waals surface area contributed by atoms with Gasteiger partial charge in [-0.2, -0.15) is 0 Å². The molecule has 1 aliphatic rings. The van der Waals surface area contributed by atoms with E-state index in [1.54, 1.807) is 0 Å². The van der Waals surface area contributed by atoms with E-state index < -0.39 is 0 Å². The highest BCUT2D eigenvalue weighted by atomic mass is 16.6. The Labute approximate surface area is 105 Å². The Hall–Kier alpha value is -0.730. The standard InChI is InChI=1S/C14H27NO2/c1-9(2)12-7-6-11(5)8-13(12)17-14(16)15-10(3)4/h9-13H,6-8H2,1-5H3,(H,15,16)/t11?,12-,13+/m0/s1. The smallest absolute Gasteiger partial charge is 0.407 e. The van der Waals surface area contributed by atoms with E-state index >= 15 is 0 Å². The lowest BCUT2D eigenvalue weighted by molar-refractivity contribution is 0.00543. The topological polar surface area (TPSA) is 38.3 Å². The highest BCUT2D eigenvalue weighted by molar-refractivity contribution is 5.67. The van der Waals surface area contributed by atoms with E-state index in [2.05, 4.69) is 26.1 Å². The molecule has 1 rings (SSSR count). The van der Waals surface area contributed by atoms with E-state index in [0.717, 1.165) is 6.42 Å². The minimum atomic E-state index is -0.259. The van der Waals surface area contributed by atoms with Crippen molar-refractivity contribution in [1.82, 2.24) is 5.32 Å². The number of nitrogens with one attached hydrogen (secondary N) is 1. The van der Waals surface area contributed by atoms with Crippen molar-refractivity contribution in [2.75, 3.05) is 0 Å². The highest BCUT2D eigenvalue weighted by Gasteiger charge is 2.33. The molecule has 0 bridgehead atoms. The van der Waals surface area contributed by atoms with Gasteiger partial charge in [0.15, 0.2) is 0 Å². The summed E-state index contributed by atoms with van der Waals surface area (Å²) in [5, 5.41) is 2.80. The summed E-state index contributed by atoms with van der Waals surface area (Å²) in [6.45, 7) is 10.6. The van der Waals surface area contributed by atoms with Gasteiger partial charge in [0.25, 0.3) is 0 Å². The van der Waals surface area contributed by atoms with Crippen LogP contribution in [0.3, 0.4) is 0 Å². The first-order valence-electron chi connectivity index (χ1n) is 6.87. The van der Waals surface area contributed by atoms with Crippen LogP contribution >= 0.6 is 0 Å². The van der Waals surface area contributed by atoms with Gasteiger partial charge in [0.1, 0.15) is 6.10 Å². The summed E-state index contributed by atoms with van der Waals surface area (Å²) in [6, 6.07) is 0.140. The van der Waals surface area contributed by atoms with Gasteiger partial charge in [-0.15, -0.1) is 0 Å². The Morgan fingerprint density at radius 3 is 2.41 bits per heavy atom. The molecule has 1 fully saturated rings. The Morgan fingerprint density at radius 2 is 1.88 bits per heavy atom. The molecule has 0 aromatic heterocycles. The van der Waals surface area contributed by atoms with Gasteiger partial charge in [0.05, 0.1) is 0 Å². The maximum Gasteiger partial charge on any atom is 0.407 e. The van der Waals surface area contributed by atoms with Gasteiger partial charge in [-0.05, 0) is 44.4 Å². The third-order valence-corrected chi connectivity index (χ3v) is 3.63. The molecule has 3 nitrogen and oxygen atoms in total. The van der Waals surface area contributed by atoms with Crippen LogP contribution in [0.1, 0.15) is 53.9 Å². The second-order valence-corrected chi connectivity index (χ2v) is 6.07. The molecule has 1 amide bonds. The Balaban J connectivity index is 2.54. The summed E-state index contributed by atoms with van der Waals surface area (Å²) >= 11 is 0. The zero-order valence-electron chi connectivity index (χ0n) is 11.8. The number of alkyl carbamates (subject to hydrolysis) is 1. The third kappa shape index (κ3) is 4.57. The van der Waals surface area contributed by atoms with Gasteiger partial charge < -0.3 is 10.1 Å². The Bertz CT molecular complexity index is 251. The minimum Gasteiger partial charge on any atom is -0.446 e. The van der Waals surface area contributed by atoms with Gasteiger partial charge in [-0.1, -0.05) is 27.2 Å². The molecule has 3 atom stereocenters. The molecule has 3 heteroatoms. The third-order valence-electron chi connectivity index (χ3n) is 3.63. The quantitative estimate of drug-likeness (QED) is 0.820. The van der Waals surface area contributed by atoms with Crippen LogP contribution in [0.15, 0.2) is 0 Å². The zero-order chi connectivity index (χ0) is 13.0. The summed E-state index contributed by atoms with van der Waals surface area (Å²) < 4.78 is 5.60. The van der Waals surface area contributed by atoms with E-state index in [9.17, 15) is 4.79 Å². The molecule has 0 aliphatic heterocycles. The maximum atomic E-state index is 11.7. The van der Waals surface area contributed by atoms with Crippen molar-refractivity contribution < 1.29 is 9.53 Å². The molecule has 100 valence electrons. The molecule has 1 aliphatic carbocycles. The molecule has 0 radical (unpaired) electrons. The van der Waals surface area contributed by atoms with Crippen LogP contribution in [0.2, 0.25) is 0 Å². The van der Waals surface area contributed by atoms with E-state index in [4.69, 9.17) is 4.74 Å². The first-order valence-corrected chi connectivity index (χ1v) is 6.87. The van der Waals surface area contributed by atoms with Crippen molar-refractivity contribution in [2.45, 2.75) is 66.0 Å². The minimum absolute atomic E-state index is 0.0949. The van der Waals surface area contributed by atoms with Crippen molar-refractivity contribution in [1.29, 1.82) is 0 Å². The van der Waals surface area contributed by atoms with Crippen LogP contribution in [0.5, 0.6) is 0 Å². The number of carbonyl (C=O) groups is 1. The molecular weight excluding hydrogens is 214 g/mol. The van der Waals surface area contributed by atoms with E-state index in [-0.39, 0.29) is 18.2 Å². The Kier molecular flexibility index (Phi) is 5.29. The first kappa shape index (κ1) is 14.3. The predicted molar refractivity (Wildman–Crippen MR) is 69.9 cm³/mol. The second-order valence-electron chi connectivity index (χ2n) is 6.07. The van der Waals surface area contributed by atoms with Crippen molar-refractivity contribution in [3.63, 3.8) is 0 Å². The number of amides is 1. The van der Waals surface area contributed by atoms with E-state index in [0.29, 0.717) is 17.8 Å². The molecule has 0 saturated heterocycles. The van der Waals surface area contributed by atoms with Crippen LogP contribution < -0.4 is 5.32 Å². The largest absolute Gasteiger partial charge is 0.446 e. The lowest BCUT2D eigenvalue weighted by Crippen LogP contribution is -2.40. The molecular formula is C14H27NO2. The maximum absolute atomic E-state index is 11.7. The number of hydrogen-bond donors (Lipinski definition) is 1. The van der Waals surface area contributed by atoms with Gasteiger partial charge in [-0.3, -0.25) is 0 Å². The average molecular weight is 241 g/mol. The number of hydrogen-bond acceptors (Lipinski definition) is 2. The Morgan fingerprint density at radius 1 is 1.24 bits per heavy atom. The molecule has 1 unspecified atom stereocenters. The lowest BCUT2D eigenvalue weighted by atomic mass is 9.75. The van der Waals surface area contributed by atoms with Crippen molar-refractivity contribution in [3.8, 4) is 0 Å². The van der Waals surface area contributed by atoms with E-state index in [1.165, 1.54) is 12.8 Å². The fourth-order valence-corrected chi connectivity index (χ4v) is 2.66. The van der Waals surface area contributed by atoms with Crippen LogP contribution in [-0.4, -0.2) is 18.2 Å². The van der Waals surface area contributed by atoms with Gasteiger partial charge in [-0.25, -0.2) is 4.79 Å². The molecule has 1 N–H and O–H groups in total. The predicted octanol–water partition coefficient (Wildman–Crippen LogP) is 3.58. The van der Waals surface area contributed by atoms with Crippen molar-refractivity contribution in [2.24, 2.45) is 17.8 Å². The number of rotatable bonds is 3. The lowest BCUT2D eigenvalue weighted by Gasteiger charge is -2.36.